The van der Waals surface area contributed by atoms with E-state index in [4.69, 9.17) is 11.6 Å². The molecule has 1 aromatic carbocycles. The van der Waals surface area contributed by atoms with Gasteiger partial charge in [-0.05, 0) is 48.7 Å². The molecule has 1 heterocycles. The normalized spacial score (nSPS) is 21.3. The van der Waals surface area contributed by atoms with E-state index in [2.05, 4.69) is 0 Å². The van der Waals surface area contributed by atoms with E-state index in [-0.39, 0.29) is 11.4 Å². The molecule has 1 atom stereocenters. The minimum atomic E-state index is -3.69. The third kappa shape index (κ3) is 3.13. The van der Waals surface area contributed by atoms with Crippen LogP contribution in [-0.4, -0.2) is 31.1 Å². The van der Waals surface area contributed by atoms with Crippen molar-refractivity contribution < 1.29 is 17.6 Å². The van der Waals surface area contributed by atoms with Crippen LogP contribution >= 0.6 is 11.6 Å². The van der Waals surface area contributed by atoms with Crippen LogP contribution in [0.25, 0.3) is 0 Å². The van der Waals surface area contributed by atoms with Gasteiger partial charge in [0.2, 0.25) is 15.3 Å². The van der Waals surface area contributed by atoms with Crippen LogP contribution in [0, 0.1) is 11.7 Å². The topological polar surface area (TPSA) is 54.5 Å². The molecule has 1 aliphatic rings. The van der Waals surface area contributed by atoms with Gasteiger partial charge in [-0.2, -0.15) is 4.31 Å². The van der Waals surface area contributed by atoms with Gasteiger partial charge in [0.15, 0.2) is 0 Å². The lowest BCUT2D eigenvalue weighted by molar-refractivity contribution is -0.116. The predicted octanol–water partition coefficient (Wildman–Crippen LogP) is 1.99. The highest BCUT2D eigenvalue weighted by Gasteiger charge is 2.32. The third-order valence-electron chi connectivity index (χ3n) is 3.16. The maximum absolute atomic E-state index is 12.8. The summed E-state index contributed by atoms with van der Waals surface area (Å²) in [6.07, 6.45) is 1.18. The molecule has 0 spiro atoms. The van der Waals surface area contributed by atoms with Crippen molar-refractivity contribution in [3.8, 4) is 0 Å². The Morgan fingerprint density at radius 2 is 1.95 bits per heavy atom. The molecule has 0 unspecified atom stereocenters. The van der Waals surface area contributed by atoms with Crippen LogP contribution in [-0.2, 0) is 14.8 Å². The number of benzene rings is 1. The van der Waals surface area contributed by atoms with Crippen molar-refractivity contribution in [2.45, 2.75) is 17.7 Å². The van der Waals surface area contributed by atoms with Crippen LogP contribution in [0.1, 0.15) is 12.8 Å². The maximum Gasteiger partial charge on any atom is 0.243 e. The Morgan fingerprint density at radius 1 is 1.32 bits per heavy atom. The number of halogens is 2. The van der Waals surface area contributed by atoms with Crippen molar-refractivity contribution in [1.82, 2.24) is 4.31 Å². The fraction of sp³-hybridized carbons (Fsp3) is 0.417. The molecule has 4 nitrogen and oxygen atoms in total. The zero-order valence-corrected chi connectivity index (χ0v) is 11.6. The summed E-state index contributed by atoms with van der Waals surface area (Å²) in [5.41, 5.74) is 0. The molecule has 0 aromatic heterocycles. The highest BCUT2D eigenvalue weighted by molar-refractivity contribution is 7.89. The van der Waals surface area contributed by atoms with E-state index in [1.807, 2.05) is 0 Å². The highest BCUT2D eigenvalue weighted by atomic mass is 35.5. The van der Waals surface area contributed by atoms with Gasteiger partial charge in [0.25, 0.3) is 0 Å². The van der Waals surface area contributed by atoms with Gasteiger partial charge in [0, 0.05) is 19.0 Å². The lowest BCUT2D eigenvalue weighted by Gasteiger charge is -2.30. The van der Waals surface area contributed by atoms with E-state index in [9.17, 15) is 17.6 Å². The molecule has 1 aliphatic heterocycles. The van der Waals surface area contributed by atoms with Gasteiger partial charge in [-0.15, -0.1) is 0 Å². The molecule has 104 valence electrons. The molecule has 7 heteroatoms. The van der Waals surface area contributed by atoms with Crippen molar-refractivity contribution in [3.05, 3.63) is 30.1 Å². The average molecular weight is 306 g/mol. The number of hydrogen-bond donors (Lipinski definition) is 0. The largest absolute Gasteiger partial charge is 0.281 e. The Bertz CT molecular complexity index is 573. The second kappa shape index (κ2) is 5.56. The Balaban J connectivity index is 2.24. The number of piperidine rings is 1. The van der Waals surface area contributed by atoms with Gasteiger partial charge in [-0.1, -0.05) is 0 Å². The Morgan fingerprint density at radius 3 is 2.53 bits per heavy atom. The summed E-state index contributed by atoms with van der Waals surface area (Å²) in [6.45, 7) is 0.433. The number of hydrogen-bond acceptors (Lipinski definition) is 3. The monoisotopic (exact) mass is 305 g/mol. The number of carbonyl (C=O) groups excluding carboxylic acids is 1. The molecule has 0 amide bonds. The second-order valence-corrected chi connectivity index (χ2v) is 6.77. The number of nitrogens with zero attached hydrogens (tertiary/aromatic N) is 1. The van der Waals surface area contributed by atoms with E-state index in [1.165, 1.54) is 16.4 Å². The number of carbonyl (C=O) groups is 1. The fourth-order valence-electron chi connectivity index (χ4n) is 2.10. The average Bonchev–Trinajstić information content (AvgIpc) is 2.39. The summed E-state index contributed by atoms with van der Waals surface area (Å²) >= 11 is 5.43. The number of rotatable bonds is 3. The number of sulfonamides is 1. The van der Waals surface area contributed by atoms with E-state index >= 15 is 0 Å². The van der Waals surface area contributed by atoms with Gasteiger partial charge in [0.1, 0.15) is 5.82 Å². The van der Waals surface area contributed by atoms with Crippen LogP contribution < -0.4 is 0 Å². The van der Waals surface area contributed by atoms with Gasteiger partial charge in [-0.3, -0.25) is 4.79 Å². The first kappa shape index (κ1) is 14.4. The SMILES string of the molecule is O=C(Cl)[C@H]1CCCN(S(=O)(=O)c2ccc(F)cc2)C1. The molecule has 1 saturated heterocycles. The highest BCUT2D eigenvalue weighted by Crippen LogP contribution is 2.25. The lowest BCUT2D eigenvalue weighted by Crippen LogP contribution is -2.41. The molecule has 0 aliphatic carbocycles. The summed E-state index contributed by atoms with van der Waals surface area (Å²) in [7, 11) is -3.69. The molecule has 2 rings (SSSR count). The fourth-order valence-corrected chi connectivity index (χ4v) is 3.80. The molecule has 0 N–H and O–H groups in total. The first-order valence-electron chi connectivity index (χ1n) is 5.86. The van der Waals surface area contributed by atoms with Crippen molar-refractivity contribution in [3.63, 3.8) is 0 Å². The van der Waals surface area contributed by atoms with E-state index in [0.717, 1.165) is 12.1 Å². The van der Waals surface area contributed by atoms with Gasteiger partial charge < -0.3 is 0 Å². The molecule has 0 radical (unpaired) electrons. The Kier molecular flexibility index (Phi) is 4.23. The van der Waals surface area contributed by atoms with E-state index < -0.39 is 27.0 Å². The smallest absolute Gasteiger partial charge is 0.243 e. The van der Waals surface area contributed by atoms with Crippen LogP contribution in [0.4, 0.5) is 4.39 Å². The second-order valence-electron chi connectivity index (χ2n) is 4.46. The van der Waals surface area contributed by atoms with Crippen molar-refractivity contribution in [1.29, 1.82) is 0 Å². The van der Waals surface area contributed by atoms with Crippen LogP contribution in [0.2, 0.25) is 0 Å². The van der Waals surface area contributed by atoms with Crippen molar-refractivity contribution in [2.24, 2.45) is 5.92 Å². The standard InChI is InChI=1S/C12H13ClFNO3S/c13-12(16)9-2-1-7-15(8-9)19(17,18)11-5-3-10(14)4-6-11/h3-6,9H,1-2,7-8H2/t9-/m0/s1. The van der Waals surface area contributed by atoms with Crippen molar-refractivity contribution >= 4 is 26.9 Å². The molecule has 1 aromatic rings. The Hall–Kier alpha value is -0.980. The summed E-state index contributed by atoms with van der Waals surface area (Å²) in [5.74, 6) is -0.961. The van der Waals surface area contributed by atoms with Gasteiger partial charge in [-0.25, -0.2) is 12.8 Å². The van der Waals surface area contributed by atoms with Gasteiger partial charge >= 0.3 is 0 Å². The Labute approximate surface area is 116 Å². The van der Waals surface area contributed by atoms with E-state index in [0.29, 0.717) is 19.4 Å². The summed E-state index contributed by atoms with van der Waals surface area (Å²) < 4.78 is 38.7. The van der Waals surface area contributed by atoms with Gasteiger partial charge in [0.05, 0.1) is 4.90 Å². The van der Waals surface area contributed by atoms with Crippen molar-refractivity contribution in [2.75, 3.05) is 13.1 Å². The maximum atomic E-state index is 12.8. The summed E-state index contributed by atoms with van der Waals surface area (Å²) in [5, 5.41) is -0.515. The van der Waals surface area contributed by atoms with Crippen LogP contribution in [0.3, 0.4) is 0 Å². The zero-order chi connectivity index (χ0) is 14.0. The van der Waals surface area contributed by atoms with E-state index in [1.54, 1.807) is 0 Å². The zero-order valence-electron chi connectivity index (χ0n) is 10.1. The first-order chi connectivity index (χ1) is 8.91. The molecule has 19 heavy (non-hydrogen) atoms. The van der Waals surface area contributed by atoms with Crippen LogP contribution in [0.5, 0.6) is 0 Å². The van der Waals surface area contributed by atoms with Crippen LogP contribution in [0.15, 0.2) is 29.2 Å². The molecule has 0 bridgehead atoms. The minimum absolute atomic E-state index is 0.0246. The lowest BCUT2D eigenvalue weighted by atomic mass is 10.0. The first-order valence-corrected chi connectivity index (χ1v) is 7.68. The molecular formula is C12H13ClFNO3S. The molecular weight excluding hydrogens is 293 g/mol. The minimum Gasteiger partial charge on any atom is -0.281 e. The summed E-state index contributed by atoms with van der Waals surface area (Å²) in [6, 6.07) is 4.63. The quantitative estimate of drug-likeness (QED) is 0.803. The molecule has 1 fully saturated rings. The predicted molar refractivity (Wildman–Crippen MR) is 68.7 cm³/mol. The summed E-state index contributed by atoms with van der Waals surface area (Å²) in [4.78, 5) is 11.2. The third-order valence-corrected chi connectivity index (χ3v) is 5.34. The molecule has 0 saturated carbocycles.